The van der Waals surface area contributed by atoms with Crippen LogP contribution in [-0.2, 0) is 26.3 Å². The summed E-state index contributed by atoms with van der Waals surface area (Å²) < 4.78 is 3.16. The molecular weight excluding hydrogens is 314 g/mol. The highest BCUT2D eigenvalue weighted by molar-refractivity contribution is 9.10. The van der Waals surface area contributed by atoms with E-state index >= 15 is 0 Å². The highest BCUT2D eigenvalue weighted by atomic mass is 79.9. The lowest BCUT2D eigenvalue weighted by atomic mass is 9.96. The van der Waals surface area contributed by atoms with Crippen molar-refractivity contribution in [2.45, 2.75) is 32.2 Å². The second-order valence-electron chi connectivity index (χ2n) is 5.58. The maximum atomic E-state index is 6.43. The van der Waals surface area contributed by atoms with Gasteiger partial charge in [-0.05, 0) is 52.2 Å². The molecule has 3 nitrogen and oxygen atoms in total. The van der Waals surface area contributed by atoms with Crippen molar-refractivity contribution in [2.75, 3.05) is 0 Å². The molecule has 1 aromatic carbocycles. The molecule has 0 amide bonds. The van der Waals surface area contributed by atoms with Crippen LogP contribution in [0.25, 0.3) is 0 Å². The molecule has 0 spiro atoms. The van der Waals surface area contributed by atoms with Crippen molar-refractivity contribution in [3.8, 4) is 0 Å². The number of nitrogens with zero attached hydrogens (tertiary/aromatic N) is 2. The first-order valence-electron chi connectivity index (χ1n) is 7.15. The largest absolute Gasteiger partial charge is 0.324 e. The molecule has 0 saturated carbocycles. The van der Waals surface area contributed by atoms with E-state index in [2.05, 4.69) is 52.2 Å². The average Bonchev–Trinajstić information content (AvgIpc) is 2.91. The van der Waals surface area contributed by atoms with Gasteiger partial charge in [0.25, 0.3) is 0 Å². The first-order valence-corrected chi connectivity index (χ1v) is 7.94. The summed E-state index contributed by atoms with van der Waals surface area (Å²) in [7, 11) is 2.02. The van der Waals surface area contributed by atoms with Crippen molar-refractivity contribution in [1.82, 2.24) is 9.78 Å². The first-order chi connectivity index (χ1) is 9.61. The molecule has 2 unspecified atom stereocenters. The minimum Gasteiger partial charge on any atom is -0.324 e. The fraction of sp³-hybridized carbons (Fsp3) is 0.438. The summed E-state index contributed by atoms with van der Waals surface area (Å²) >= 11 is 3.70. The third-order valence-corrected chi connectivity index (χ3v) is 5.28. The summed E-state index contributed by atoms with van der Waals surface area (Å²) in [6, 6.07) is 8.68. The molecule has 0 radical (unpaired) electrons. The van der Waals surface area contributed by atoms with E-state index in [1.165, 1.54) is 16.8 Å². The topological polar surface area (TPSA) is 43.8 Å². The van der Waals surface area contributed by atoms with Crippen LogP contribution in [0, 0.1) is 5.92 Å². The molecule has 0 aliphatic heterocycles. The van der Waals surface area contributed by atoms with E-state index in [0.29, 0.717) is 5.92 Å². The van der Waals surface area contributed by atoms with Crippen molar-refractivity contribution in [3.05, 3.63) is 51.3 Å². The molecule has 106 valence electrons. The summed E-state index contributed by atoms with van der Waals surface area (Å²) in [6.45, 7) is 2.13. The van der Waals surface area contributed by atoms with Crippen molar-refractivity contribution in [3.63, 3.8) is 0 Å². The number of hydrogen-bond donors (Lipinski definition) is 1. The minimum atomic E-state index is 0.137. The van der Waals surface area contributed by atoms with Crippen LogP contribution in [0.2, 0.25) is 0 Å². The van der Waals surface area contributed by atoms with Gasteiger partial charge in [-0.25, -0.2) is 0 Å². The van der Waals surface area contributed by atoms with Crippen molar-refractivity contribution >= 4 is 15.9 Å². The Labute approximate surface area is 128 Å². The fourth-order valence-corrected chi connectivity index (χ4v) is 3.98. The van der Waals surface area contributed by atoms with Crippen molar-refractivity contribution < 1.29 is 0 Å². The van der Waals surface area contributed by atoms with Gasteiger partial charge < -0.3 is 5.73 Å². The number of rotatable bonds is 3. The first kappa shape index (κ1) is 13.8. The number of aryl methyl sites for hydroxylation is 2. The van der Waals surface area contributed by atoms with Gasteiger partial charge in [0.05, 0.1) is 15.9 Å². The molecule has 1 aliphatic carbocycles. The molecule has 1 aliphatic rings. The number of nitrogens with two attached hydrogens (primary N) is 1. The zero-order chi connectivity index (χ0) is 14.3. The number of hydrogen-bond acceptors (Lipinski definition) is 2. The Morgan fingerprint density at radius 2 is 2.15 bits per heavy atom. The van der Waals surface area contributed by atoms with Crippen molar-refractivity contribution in [2.24, 2.45) is 18.7 Å². The van der Waals surface area contributed by atoms with Gasteiger partial charge in [-0.15, -0.1) is 0 Å². The summed E-state index contributed by atoms with van der Waals surface area (Å²) in [5.74, 6) is 0.462. The number of aromatic nitrogens is 2. The van der Waals surface area contributed by atoms with Gasteiger partial charge in [0.2, 0.25) is 0 Å². The summed E-state index contributed by atoms with van der Waals surface area (Å²) in [5, 5.41) is 4.57. The van der Waals surface area contributed by atoms with E-state index in [-0.39, 0.29) is 6.04 Å². The Morgan fingerprint density at radius 3 is 2.80 bits per heavy atom. The third-order valence-electron chi connectivity index (χ3n) is 4.36. The van der Waals surface area contributed by atoms with Gasteiger partial charge in [0.15, 0.2) is 0 Å². The Balaban J connectivity index is 1.86. The molecule has 1 aromatic heterocycles. The molecule has 2 N–H and O–H groups in total. The third kappa shape index (κ3) is 2.21. The van der Waals surface area contributed by atoms with E-state index in [9.17, 15) is 0 Å². The molecule has 0 fully saturated rings. The van der Waals surface area contributed by atoms with Crippen LogP contribution in [0.3, 0.4) is 0 Å². The fourth-order valence-electron chi connectivity index (χ4n) is 3.20. The summed E-state index contributed by atoms with van der Waals surface area (Å²) in [6.07, 6.45) is 2.99. The molecule has 20 heavy (non-hydrogen) atoms. The zero-order valence-electron chi connectivity index (χ0n) is 11.9. The molecule has 0 saturated heterocycles. The lowest BCUT2D eigenvalue weighted by Crippen LogP contribution is -2.20. The molecule has 2 aromatic rings. The Hall–Kier alpha value is -1.13. The van der Waals surface area contributed by atoms with Gasteiger partial charge >= 0.3 is 0 Å². The van der Waals surface area contributed by atoms with Gasteiger partial charge in [0, 0.05) is 13.1 Å². The molecule has 4 heteroatoms. The van der Waals surface area contributed by atoms with Gasteiger partial charge in [-0.2, -0.15) is 5.10 Å². The van der Waals surface area contributed by atoms with Crippen molar-refractivity contribution in [1.29, 1.82) is 0 Å². The zero-order valence-corrected chi connectivity index (χ0v) is 13.5. The van der Waals surface area contributed by atoms with E-state index in [1.807, 2.05) is 11.7 Å². The van der Waals surface area contributed by atoms with Crippen LogP contribution in [0.15, 0.2) is 28.7 Å². The van der Waals surface area contributed by atoms with Crippen LogP contribution >= 0.6 is 15.9 Å². The maximum absolute atomic E-state index is 6.43. The standard InChI is InChI=1S/C16H20BrN3/c1-3-13-15(17)14(20(2)19-13)9-11-8-10-6-4-5-7-12(10)16(11)18/h4-7,11,16H,3,8-9,18H2,1-2H3. The van der Waals surface area contributed by atoms with Crippen LogP contribution in [-0.4, -0.2) is 9.78 Å². The number of halogens is 1. The number of benzene rings is 1. The van der Waals surface area contributed by atoms with E-state index in [0.717, 1.165) is 29.4 Å². The highest BCUT2D eigenvalue weighted by Crippen LogP contribution is 2.37. The predicted molar refractivity (Wildman–Crippen MR) is 84.6 cm³/mol. The lowest BCUT2D eigenvalue weighted by Gasteiger charge is -2.16. The van der Waals surface area contributed by atoms with Crippen LogP contribution in [0.5, 0.6) is 0 Å². The Kier molecular flexibility index (Phi) is 3.69. The maximum Gasteiger partial charge on any atom is 0.0766 e. The summed E-state index contributed by atoms with van der Waals surface area (Å²) in [5.41, 5.74) is 11.5. The molecule has 3 rings (SSSR count). The van der Waals surface area contributed by atoms with Gasteiger partial charge in [-0.1, -0.05) is 31.2 Å². The van der Waals surface area contributed by atoms with Gasteiger partial charge in [0.1, 0.15) is 0 Å². The molecule has 1 heterocycles. The van der Waals surface area contributed by atoms with Crippen LogP contribution in [0.1, 0.15) is 35.5 Å². The Bertz CT molecular complexity index is 633. The van der Waals surface area contributed by atoms with E-state index in [1.54, 1.807) is 0 Å². The smallest absolute Gasteiger partial charge is 0.0766 e. The second-order valence-corrected chi connectivity index (χ2v) is 6.37. The Morgan fingerprint density at radius 1 is 1.40 bits per heavy atom. The average molecular weight is 334 g/mol. The van der Waals surface area contributed by atoms with E-state index < -0.39 is 0 Å². The summed E-state index contributed by atoms with van der Waals surface area (Å²) in [4.78, 5) is 0. The molecule has 2 atom stereocenters. The molecule has 0 bridgehead atoms. The number of fused-ring (bicyclic) bond motifs is 1. The molecular formula is C16H20BrN3. The normalized spacial score (nSPS) is 21.2. The van der Waals surface area contributed by atoms with E-state index in [4.69, 9.17) is 5.73 Å². The highest BCUT2D eigenvalue weighted by Gasteiger charge is 2.31. The lowest BCUT2D eigenvalue weighted by molar-refractivity contribution is 0.450. The second kappa shape index (κ2) is 5.34. The quantitative estimate of drug-likeness (QED) is 0.937. The van der Waals surface area contributed by atoms with Crippen LogP contribution < -0.4 is 5.73 Å². The van der Waals surface area contributed by atoms with Crippen LogP contribution in [0.4, 0.5) is 0 Å². The predicted octanol–water partition coefficient (Wildman–Crippen LogP) is 3.16. The minimum absolute atomic E-state index is 0.137. The SMILES string of the molecule is CCc1nn(C)c(CC2Cc3ccccc3C2N)c1Br. The monoisotopic (exact) mass is 333 g/mol. The van der Waals surface area contributed by atoms with Gasteiger partial charge in [-0.3, -0.25) is 4.68 Å².